The number of hydrogen-bond acceptors (Lipinski definition) is 2. The summed E-state index contributed by atoms with van der Waals surface area (Å²) in [6.45, 7) is 0. The minimum atomic E-state index is -0.337. The number of hydrogen-bond donors (Lipinski definition) is 1. The topological polar surface area (TPSA) is 37.3 Å². The molecule has 0 spiro atoms. The second kappa shape index (κ2) is 3.79. The van der Waals surface area contributed by atoms with Crippen LogP contribution in [0.5, 0.6) is 0 Å². The van der Waals surface area contributed by atoms with E-state index in [2.05, 4.69) is 0 Å². The van der Waals surface area contributed by atoms with Crippen molar-refractivity contribution in [3.05, 3.63) is 0 Å². The molecular weight excluding hydrogens is 164 g/mol. The fourth-order valence-corrected chi connectivity index (χ4v) is 3.09. The summed E-state index contributed by atoms with van der Waals surface area (Å²) in [7, 11) is 0. The highest BCUT2D eigenvalue weighted by Crippen LogP contribution is 2.42. The van der Waals surface area contributed by atoms with Crippen molar-refractivity contribution in [1.29, 1.82) is 0 Å². The number of fused-ring (bicyclic) bond motifs is 1. The highest BCUT2D eigenvalue weighted by atomic mass is 16.3. The van der Waals surface area contributed by atoms with Gasteiger partial charge in [0, 0.05) is 5.92 Å². The fraction of sp³-hybridized carbons (Fsp3) is 0.909. The van der Waals surface area contributed by atoms with Gasteiger partial charge in [0.1, 0.15) is 6.29 Å². The molecule has 0 bridgehead atoms. The predicted molar refractivity (Wildman–Crippen MR) is 50.2 cm³/mol. The van der Waals surface area contributed by atoms with Crippen molar-refractivity contribution in [2.75, 3.05) is 0 Å². The van der Waals surface area contributed by atoms with Gasteiger partial charge in [-0.3, -0.25) is 0 Å². The third kappa shape index (κ3) is 1.64. The normalized spacial score (nSPS) is 45.3. The molecule has 1 N–H and O–H groups in total. The molecule has 0 aromatic rings. The first-order chi connectivity index (χ1) is 6.33. The van der Waals surface area contributed by atoms with Gasteiger partial charge in [0.2, 0.25) is 0 Å². The molecule has 13 heavy (non-hydrogen) atoms. The Morgan fingerprint density at radius 3 is 2.62 bits per heavy atom. The molecule has 2 heteroatoms. The van der Waals surface area contributed by atoms with Crippen molar-refractivity contribution in [1.82, 2.24) is 0 Å². The first kappa shape index (κ1) is 9.20. The third-order valence-corrected chi connectivity index (χ3v) is 3.89. The zero-order valence-electron chi connectivity index (χ0n) is 7.98. The van der Waals surface area contributed by atoms with Gasteiger partial charge in [-0.25, -0.2) is 0 Å². The van der Waals surface area contributed by atoms with Crippen LogP contribution in [0.3, 0.4) is 0 Å². The molecule has 4 unspecified atom stereocenters. The molecule has 74 valence electrons. The summed E-state index contributed by atoms with van der Waals surface area (Å²) in [5, 5.41) is 9.93. The lowest BCUT2D eigenvalue weighted by Crippen LogP contribution is -2.41. The molecule has 2 fully saturated rings. The highest BCUT2D eigenvalue weighted by molar-refractivity contribution is 5.54. The van der Waals surface area contributed by atoms with Gasteiger partial charge >= 0.3 is 0 Å². The molecule has 2 rings (SSSR count). The van der Waals surface area contributed by atoms with E-state index in [1.54, 1.807) is 0 Å². The Morgan fingerprint density at radius 2 is 1.85 bits per heavy atom. The van der Waals surface area contributed by atoms with Crippen LogP contribution in [0.4, 0.5) is 0 Å². The second-order valence-corrected chi connectivity index (χ2v) is 4.58. The van der Waals surface area contributed by atoms with Crippen LogP contribution < -0.4 is 0 Å². The molecule has 0 aliphatic heterocycles. The van der Waals surface area contributed by atoms with E-state index in [1.165, 1.54) is 19.3 Å². The minimum absolute atomic E-state index is 0.0700. The summed E-state index contributed by atoms with van der Waals surface area (Å²) in [6, 6.07) is 0. The van der Waals surface area contributed by atoms with Crippen molar-refractivity contribution in [3.63, 3.8) is 0 Å². The Labute approximate surface area is 79.3 Å². The fourth-order valence-electron chi connectivity index (χ4n) is 3.09. The van der Waals surface area contributed by atoms with Crippen LogP contribution in [0, 0.1) is 17.8 Å². The molecule has 2 saturated carbocycles. The zero-order valence-corrected chi connectivity index (χ0v) is 7.98. The smallest absolute Gasteiger partial charge is 0.125 e. The standard InChI is InChI=1S/C11H18O2/c12-7-9-6-5-8-3-1-2-4-10(8)11(9)13/h7-11,13H,1-6H2. The summed E-state index contributed by atoms with van der Waals surface area (Å²) in [4.78, 5) is 10.7. The van der Waals surface area contributed by atoms with Crippen molar-refractivity contribution < 1.29 is 9.90 Å². The van der Waals surface area contributed by atoms with Crippen molar-refractivity contribution in [2.45, 2.75) is 44.6 Å². The largest absolute Gasteiger partial charge is 0.392 e. The molecule has 0 saturated heterocycles. The number of carbonyl (C=O) groups excluding carboxylic acids is 1. The van der Waals surface area contributed by atoms with Gasteiger partial charge in [-0.05, 0) is 31.1 Å². The molecule has 2 aliphatic rings. The number of carbonyl (C=O) groups is 1. The van der Waals surface area contributed by atoms with Gasteiger partial charge in [-0.2, -0.15) is 0 Å². The van der Waals surface area contributed by atoms with Gasteiger partial charge in [0.15, 0.2) is 0 Å². The monoisotopic (exact) mass is 182 g/mol. The van der Waals surface area contributed by atoms with Gasteiger partial charge in [-0.15, -0.1) is 0 Å². The molecule has 0 amide bonds. The van der Waals surface area contributed by atoms with Crippen molar-refractivity contribution in [3.8, 4) is 0 Å². The van der Waals surface area contributed by atoms with Crippen LogP contribution in [0.15, 0.2) is 0 Å². The number of aliphatic hydroxyl groups is 1. The zero-order chi connectivity index (χ0) is 9.26. The maximum atomic E-state index is 10.7. The van der Waals surface area contributed by atoms with Crippen LogP contribution in [-0.2, 0) is 4.79 Å². The summed E-state index contributed by atoms with van der Waals surface area (Å²) < 4.78 is 0. The predicted octanol–water partition coefficient (Wildman–Crippen LogP) is 1.76. The summed E-state index contributed by atoms with van der Waals surface area (Å²) in [5.41, 5.74) is 0. The number of aldehydes is 1. The summed E-state index contributed by atoms with van der Waals surface area (Å²) in [6.07, 6.45) is 7.65. The Balaban J connectivity index is 2.04. The van der Waals surface area contributed by atoms with Crippen LogP contribution in [-0.4, -0.2) is 17.5 Å². The number of aliphatic hydroxyl groups excluding tert-OH is 1. The SMILES string of the molecule is O=CC1CCC2CCCCC2C1O. The molecule has 0 aromatic carbocycles. The molecular formula is C11H18O2. The lowest BCUT2D eigenvalue weighted by atomic mass is 9.66. The third-order valence-electron chi connectivity index (χ3n) is 3.89. The van der Waals surface area contributed by atoms with E-state index < -0.39 is 0 Å². The molecule has 4 atom stereocenters. The maximum absolute atomic E-state index is 10.7. The van der Waals surface area contributed by atoms with E-state index in [0.717, 1.165) is 25.5 Å². The minimum Gasteiger partial charge on any atom is -0.392 e. The van der Waals surface area contributed by atoms with Crippen molar-refractivity contribution in [2.24, 2.45) is 17.8 Å². The van der Waals surface area contributed by atoms with Crippen LogP contribution in [0.25, 0.3) is 0 Å². The average Bonchev–Trinajstić information content (AvgIpc) is 2.19. The van der Waals surface area contributed by atoms with E-state index in [4.69, 9.17) is 0 Å². The molecule has 0 aromatic heterocycles. The molecule has 2 aliphatic carbocycles. The molecule has 0 heterocycles. The van der Waals surface area contributed by atoms with E-state index >= 15 is 0 Å². The van der Waals surface area contributed by atoms with E-state index in [0.29, 0.717) is 11.8 Å². The number of rotatable bonds is 1. The van der Waals surface area contributed by atoms with E-state index in [1.807, 2.05) is 0 Å². The average molecular weight is 182 g/mol. The Morgan fingerprint density at radius 1 is 1.08 bits per heavy atom. The Bertz CT molecular complexity index is 191. The van der Waals surface area contributed by atoms with Crippen molar-refractivity contribution >= 4 is 6.29 Å². The first-order valence-electron chi connectivity index (χ1n) is 5.46. The van der Waals surface area contributed by atoms with Gasteiger partial charge in [0.25, 0.3) is 0 Å². The Kier molecular flexibility index (Phi) is 2.68. The maximum Gasteiger partial charge on any atom is 0.125 e. The van der Waals surface area contributed by atoms with Gasteiger partial charge in [-0.1, -0.05) is 19.3 Å². The molecule has 0 radical (unpaired) electrons. The summed E-state index contributed by atoms with van der Waals surface area (Å²) in [5.74, 6) is 1.07. The quantitative estimate of drug-likeness (QED) is 0.627. The van der Waals surface area contributed by atoms with Gasteiger partial charge < -0.3 is 9.90 Å². The van der Waals surface area contributed by atoms with E-state index in [9.17, 15) is 9.90 Å². The molecule has 2 nitrogen and oxygen atoms in total. The van der Waals surface area contributed by atoms with Crippen LogP contribution in [0.2, 0.25) is 0 Å². The lowest BCUT2D eigenvalue weighted by Gasteiger charge is -2.41. The van der Waals surface area contributed by atoms with Crippen LogP contribution >= 0.6 is 0 Å². The summed E-state index contributed by atoms with van der Waals surface area (Å²) >= 11 is 0. The highest BCUT2D eigenvalue weighted by Gasteiger charge is 2.38. The Hall–Kier alpha value is -0.370. The van der Waals surface area contributed by atoms with Gasteiger partial charge in [0.05, 0.1) is 6.10 Å². The van der Waals surface area contributed by atoms with Crippen LogP contribution in [0.1, 0.15) is 38.5 Å². The first-order valence-corrected chi connectivity index (χ1v) is 5.46. The van der Waals surface area contributed by atoms with E-state index in [-0.39, 0.29) is 12.0 Å². The second-order valence-electron chi connectivity index (χ2n) is 4.58. The lowest BCUT2D eigenvalue weighted by molar-refractivity contribution is -0.120.